The third-order valence-corrected chi connectivity index (χ3v) is 3.26. The summed E-state index contributed by atoms with van der Waals surface area (Å²) in [6, 6.07) is 8.17. The highest BCUT2D eigenvalue weighted by molar-refractivity contribution is 14.0. The van der Waals surface area contributed by atoms with Gasteiger partial charge in [-0.15, -0.1) is 24.0 Å². The SMILES string of the molecule is CN=C(NCc1ccn[nH]1)NCc1ccc(C)cc1OC(C)C.I. The number of benzene rings is 1. The number of hydrogen-bond acceptors (Lipinski definition) is 3. The summed E-state index contributed by atoms with van der Waals surface area (Å²) in [5, 5.41) is 13.4. The number of hydrogen-bond donors (Lipinski definition) is 3. The Morgan fingerprint density at radius 3 is 2.62 bits per heavy atom. The van der Waals surface area contributed by atoms with Crippen LogP contribution in [0.5, 0.6) is 5.75 Å². The zero-order valence-electron chi connectivity index (χ0n) is 14.6. The number of halogens is 1. The first-order chi connectivity index (χ1) is 11.1. The maximum absolute atomic E-state index is 5.90. The van der Waals surface area contributed by atoms with Crippen LogP contribution in [-0.4, -0.2) is 29.3 Å². The van der Waals surface area contributed by atoms with Crippen molar-refractivity contribution in [3.05, 3.63) is 47.3 Å². The minimum Gasteiger partial charge on any atom is -0.491 e. The van der Waals surface area contributed by atoms with E-state index in [1.165, 1.54) is 5.56 Å². The van der Waals surface area contributed by atoms with E-state index in [0.29, 0.717) is 13.1 Å². The van der Waals surface area contributed by atoms with E-state index in [1.54, 1.807) is 13.2 Å². The lowest BCUT2D eigenvalue weighted by Gasteiger charge is -2.17. The van der Waals surface area contributed by atoms with E-state index in [4.69, 9.17) is 4.74 Å². The van der Waals surface area contributed by atoms with E-state index in [0.717, 1.165) is 23.0 Å². The molecule has 0 radical (unpaired) electrons. The topological polar surface area (TPSA) is 74.3 Å². The van der Waals surface area contributed by atoms with Crippen LogP contribution in [-0.2, 0) is 13.1 Å². The molecule has 0 aliphatic rings. The van der Waals surface area contributed by atoms with Gasteiger partial charge in [0, 0.05) is 25.4 Å². The van der Waals surface area contributed by atoms with E-state index < -0.39 is 0 Å². The Bertz CT molecular complexity index is 640. The number of H-pyrrole nitrogens is 1. The van der Waals surface area contributed by atoms with Crippen LogP contribution in [0, 0.1) is 6.92 Å². The molecule has 6 nitrogen and oxygen atoms in total. The van der Waals surface area contributed by atoms with Gasteiger partial charge in [0.05, 0.1) is 18.3 Å². The van der Waals surface area contributed by atoms with Crippen molar-refractivity contribution in [1.29, 1.82) is 0 Å². The molecule has 0 aliphatic carbocycles. The molecule has 0 unspecified atom stereocenters. The highest BCUT2D eigenvalue weighted by Crippen LogP contribution is 2.21. The van der Waals surface area contributed by atoms with Crippen LogP contribution in [0.2, 0.25) is 0 Å². The molecule has 2 rings (SSSR count). The van der Waals surface area contributed by atoms with E-state index in [2.05, 4.69) is 50.9 Å². The number of aromatic nitrogens is 2. The second-order valence-corrected chi connectivity index (χ2v) is 5.64. The smallest absolute Gasteiger partial charge is 0.191 e. The molecule has 24 heavy (non-hydrogen) atoms. The number of nitrogens with one attached hydrogen (secondary N) is 3. The predicted molar refractivity (Wildman–Crippen MR) is 108 cm³/mol. The first-order valence-electron chi connectivity index (χ1n) is 7.77. The van der Waals surface area contributed by atoms with Gasteiger partial charge in [0.25, 0.3) is 0 Å². The number of aryl methyl sites for hydroxylation is 1. The molecule has 0 spiro atoms. The molecular weight excluding hydrogens is 417 g/mol. The fourth-order valence-electron chi connectivity index (χ4n) is 2.13. The van der Waals surface area contributed by atoms with Gasteiger partial charge in [0.1, 0.15) is 5.75 Å². The Kier molecular flexibility index (Phi) is 8.59. The van der Waals surface area contributed by atoms with Gasteiger partial charge in [0.15, 0.2) is 5.96 Å². The zero-order valence-corrected chi connectivity index (χ0v) is 16.9. The van der Waals surface area contributed by atoms with Crippen molar-refractivity contribution < 1.29 is 4.74 Å². The van der Waals surface area contributed by atoms with Gasteiger partial charge in [-0.2, -0.15) is 5.10 Å². The molecule has 0 amide bonds. The molecule has 7 heteroatoms. The van der Waals surface area contributed by atoms with E-state index in [9.17, 15) is 0 Å². The Labute approximate surface area is 160 Å². The summed E-state index contributed by atoms with van der Waals surface area (Å²) in [4.78, 5) is 4.23. The maximum Gasteiger partial charge on any atom is 0.191 e. The van der Waals surface area contributed by atoms with Crippen molar-refractivity contribution >= 4 is 29.9 Å². The molecule has 3 N–H and O–H groups in total. The standard InChI is InChI=1S/C17H25N5O.HI/c1-12(2)23-16-9-13(3)5-6-14(16)10-19-17(18-4)20-11-15-7-8-21-22-15;/h5-9,12H,10-11H2,1-4H3,(H,21,22)(H2,18,19,20);1H. The molecule has 0 saturated carbocycles. The monoisotopic (exact) mass is 443 g/mol. The third-order valence-electron chi connectivity index (χ3n) is 3.26. The summed E-state index contributed by atoms with van der Waals surface area (Å²) in [6.07, 6.45) is 1.88. The summed E-state index contributed by atoms with van der Waals surface area (Å²) in [5.74, 6) is 1.65. The lowest BCUT2D eigenvalue weighted by molar-refractivity contribution is 0.239. The molecule has 0 bridgehead atoms. The van der Waals surface area contributed by atoms with Gasteiger partial charge in [0.2, 0.25) is 0 Å². The van der Waals surface area contributed by atoms with Gasteiger partial charge in [-0.1, -0.05) is 12.1 Å². The second kappa shape index (κ2) is 10.2. The van der Waals surface area contributed by atoms with Crippen LogP contribution in [0.15, 0.2) is 35.5 Å². The van der Waals surface area contributed by atoms with Crippen molar-refractivity contribution in [2.75, 3.05) is 7.05 Å². The fourth-order valence-corrected chi connectivity index (χ4v) is 2.13. The first kappa shape index (κ1) is 20.3. The van der Waals surface area contributed by atoms with Gasteiger partial charge < -0.3 is 15.4 Å². The summed E-state index contributed by atoms with van der Waals surface area (Å²) in [5.41, 5.74) is 3.30. The summed E-state index contributed by atoms with van der Waals surface area (Å²) in [7, 11) is 1.75. The molecule has 0 fully saturated rings. The molecule has 132 valence electrons. The van der Waals surface area contributed by atoms with E-state index >= 15 is 0 Å². The molecule has 0 saturated heterocycles. The van der Waals surface area contributed by atoms with Gasteiger partial charge in [-0.25, -0.2) is 0 Å². The Hall–Kier alpha value is -1.77. The predicted octanol–water partition coefficient (Wildman–Crippen LogP) is 2.99. The number of rotatable bonds is 6. The molecular formula is C17H26IN5O. The first-order valence-corrected chi connectivity index (χ1v) is 7.77. The number of aromatic amines is 1. The third kappa shape index (κ3) is 6.38. The summed E-state index contributed by atoms with van der Waals surface area (Å²) in [6.45, 7) is 7.41. The van der Waals surface area contributed by atoms with Crippen LogP contribution >= 0.6 is 24.0 Å². The van der Waals surface area contributed by atoms with Crippen LogP contribution in [0.4, 0.5) is 0 Å². The molecule has 2 aromatic rings. The summed E-state index contributed by atoms with van der Waals surface area (Å²) >= 11 is 0. The maximum atomic E-state index is 5.90. The number of nitrogens with zero attached hydrogens (tertiary/aromatic N) is 2. The lowest BCUT2D eigenvalue weighted by atomic mass is 10.1. The summed E-state index contributed by atoms with van der Waals surface area (Å²) < 4.78 is 5.90. The Morgan fingerprint density at radius 1 is 1.25 bits per heavy atom. The van der Waals surface area contributed by atoms with Crippen LogP contribution in [0.3, 0.4) is 0 Å². The lowest BCUT2D eigenvalue weighted by Crippen LogP contribution is -2.36. The van der Waals surface area contributed by atoms with Crippen LogP contribution in [0.25, 0.3) is 0 Å². The van der Waals surface area contributed by atoms with Crippen molar-refractivity contribution in [3.8, 4) is 5.75 Å². The quantitative estimate of drug-likeness (QED) is 0.365. The van der Waals surface area contributed by atoms with Crippen molar-refractivity contribution in [2.24, 2.45) is 4.99 Å². The average molecular weight is 443 g/mol. The highest BCUT2D eigenvalue weighted by atomic mass is 127. The second-order valence-electron chi connectivity index (χ2n) is 5.64. The molecule has 1 aromatic carbocycles. The molecule has 0 atom stereocenters. The van der Waals surface area contributed by atoms with E-state index in [1.807, 2.05) is 19.9 Å². The van der Waals surface area contributed by atoms with Gasteiger partial charge >= 0.3 is 0 Å². The number of aliphatic imine (C=N–C) groups is 1. The van der Waals surface area contributed by atoms with Crippen molar-refractivity contribution in [3.63, 3.8) is 0 Å². The minimum atomic E-state index is 0. The zero-order chi connectivity index (χ0) is 16.7. The minimum absolute atomic E-state index is 0. The highest BCUT2D eigenvalue weighted by Gasteiger charge is 2.07. The molecule has 1 heterocycles. The number of ether oxygens (including phenoxy) is 1. The number of guanidine groups is 1. The van der Waals surface area contributed by atoms with Gasteiger partial charge in [-0.3, -0.25) is 10.1 Å². The van der Waals surface area contributed by atoms with Crippen molar-refractivity contribution in [2.45, 2.75) is 40.0 Å². The molecule has 0 aliphatic heterocycles. The average Bonchev–Trinajstić information content (AvgIpc) is 3.02. The van der Waals surface area contributed by atoms with Crippen LogP contribution < -0.4 is 15.4 Å². The fraction of sp³-hybridized carbons (Fsp3) is 0.412. The van der Waals surface area contributed by atoms with Gasteiger partial charge in [-0.05, 0) is 38.5 Å². The largest absolute Gasteiger partial charge is 0.491 e. The van der Waals surface area contributed by atoms with E-state index in [-0.39, 0.29) is 30.1 Å². The Balaban J connectivity index is 0.00000288. The normalized spacial score (nSPS) is 11.1. The molecule has 1 aromatic heterocycles. The van der Waals surface area contributed by atoms with Crippen LogP contribution in [0.1, 0.15) is 30.7 Å². The van der Waals surface area contributed by atoms with Crippen molar-refractivity contribution in [1.82, 2.24) is 20.8 Å². The Morgan fingerprint density at radius 2 is 2.00 bits per heavy atom.